The Hall–Kier alpha value is -2.10. The van der Waals surface area contributed by atoms with Crippen LogP contribution in [0, 0.1) is 12.7 Å². The minimum absolute atomic E-state index is 0.245. The number of nitrogens with zero attached hydrogens (tertiary/aromatic N) is 1. The van der Waals surface area contributed by atoms with Crippen LogP contribution in [-0.4, -0.2) is 12.1 Å². The van der Waals surface area contributed by atoms with E-state index < -0.39 is 0 Å². The van der Waals surface area contributed by atoms with Crippen LogP contribution in [0.2, 0.25) is 0 Å². The van der Waals surface area contributed by atoms with Gasteiger partial charge in [-0.2, -0.15) is 0 Å². The van der Waals surface area contributed by atoms with Crippen molar-refractivity contribution in [3.8, 4) is 5.75 Å². The van der Waals surface area contributed by atoms with Crippen LogP contribution in [-0.2, 0) is 6.54 Å². The number of methoxy groups -OCH3 is 1. The average Bonchev–Trinajstić information content (AvgIpc) is 2.37. The summed E-state index contributed by atoms with van der Waals surface area (Å²) in [6.07, 6.45) is 0. The molecule has 18 heavy (non-hydrogen) atoms. The number of halogens is 1. The van der Waals surface area contributed by atoms with Crippen LogP contribution in [0.1, 0.15) is 11.4 Å². The van der Waals surface area contributed by atoms with Crippen LogP contribution in [0.4, 0.5) is 10.1 Å². The van der Waals surface area contributed by atoms with Crippen molar-refractivity contribution in [2.45, 2.75) is 13.5 Å². The molecule has 0 saturated heterocycles. The number of hydrogen-bond donors (Lipinski definition) is 1. The monoisotopic (exact) mass is 246 g/mol. The third-order valence-corrected chi connectivity index (χ3v) is 2.57. The highest BCUT2D eigenvalue weighted by molar-refractivity contribution is 5.47. The number of pyridine rings is 1. The Morgan fingerprint density at radius 3 is 2.78 bits per heavy atom. The van der Waals surface area contributed by atoms with Crippen molar-refractivity contribution in [1.29, 1.82) is 0 Å². The summed E-state index contributed by atoms with van der Waals surface area (Å²) in [4.78, 5) is 4.36. The highest BCUT2D eigenvalue weighted by Crippen LogP contribution is 2.20. The molecule has 0 fully saturated rings. The molecule has 0 aliphatic heterocycles. The van der Waals surface area contributed by atoms with Gasteiger partial charge in [0, 0.05) is 17.4 Å². The first kappa shape index (κ1) is 12.4. The maximum atomic E-state index is 13.5. The Kier molecular flexibility index (Phi) is 3.77. The molecular formula is C14H15FN2O. The van der Waals surface area contributed by atoms with Gasteiger partial charge in [0.05, 0.1) is 19.3 Å². The zero-order valence-electron chi connectivity index (χ0n) is 10.4. The normalized spacial score (nSPS) is 10.2. The van der Waals surface area contributed by atoms with E-state index in [0.29, 0.717) is 12.2 Å². The van der Waals surface area contributed by atoms with Crippen LogP contribution in [0.25, 0.3) is 0 Å². The SMILES string of the molecule is COc1ccc(NCc2cccc(C)n2)cc1F. The van der Waals surface area contributed by atoms with Crippen molar-refractivity contribution >= 4 is 5.69 Å². The van der Waals surface area contributed by atoms with Crippen LogP contribution < -0.4 is 10.1 Å². The summed E-state index contributed by atoms with van der Waals surface area (Å²) in [6.45, 7) is 2.50. The topological polar surface area (TPSA) is 34.1 Å². The van der Waals surface area contributed by atoms with Gasteiger partial charge in [0.2, 0.25) is 0 Å². The van der Waals surface area contributed by atoms with Gasteiger partial charge in [0.15, 0.2) is 11.6 Å². The number of rotatable bonds is 4. The molecule has 3 nitrogen and oxygen atoms in total. The molecular weight excluding hydrogens is 231 g/mol. The first-order chi connectivity index (χ1) is 8.69. The van der Waals surface area contributed by atoms with Crippen molar-refractivity contribution in [3.05, 3.63) is 53.6 Å². The van der Waals surface area contributed by atoms with Gasteiger partial charge in [0.25, 0.3) is 0 Å². The number of hydrogen-bond acceptors (Lipinski definition) is 3. The summed E-state index contributed by atoms with van der Waals surface area (Å²) in [5.41, 5.74) is 2.60. The molecule has 0 spiro atoms. The van der Waals surface area contributed by atoms with Gasteiger partial charge in [0.1, 0.15) is 0 Å². The summed E-state index contributed by atoms with van der Waals surface area (Å²) in [7, 11) is 1.45. The molecule has 2 aromatic rings. The maximum Gasteiger partial charge on any atom is 0.167 e. The molecule has 1 aromatic heterocycles. The van der Waals surface area contributed by atoms with Gasteiger partial charge in [-0.1, -0.05) is 6.07 Å². The smallest absolute Gasteiger partial charge is 0.167 e. The Morgan fingerprint density at radius 2 is 2.11 bits per heavy atom. The van der Waals surface area contributed by atoms with Crippen molar-refractivity contribution in [2.24, 2.45) is 0 Å². The van der Waals surface area contributed by atoms with E-state index in [0.717, 1.165) is 11.4 Å². The summed E-state index contributed by atoms with van der Waals surface area (Å²) in [5, 5.41) is 3.12. The molecule has 0 amide bonds. The van der Waals surface area contributed by atoms with Gasteiger partial charge < -0.3 is 10.1 Å². The summed E-state index contributed by atoms with van der Waals surface area (Å²) in [6, 6.07) is 10.6. The maximum absolute atomic E-state index is 13.5. The Balaban J connectivity index is 2.04. The predicted octanol–water partition coefficient (Wildman–Crippen LogP) is 3.15. The van der Waals surface area contributed by atoms with Crippen molar-refractivity contribution in [2.75, 3.05) is 12.4 Å². The zero-order chi connectivity index (χ0) is 13.0. The predicted molar refractivity (Wildman–Crippen MR) is 69.3 cm³/mol. The summed E-state index contributed by atoms with van der Waals surface area (Å²) < 4.78 is 18.3. The highest BCUT2D eigenvalue weighted by Gasteiger charge is 2.03. The van der Waals surface area contributed by atoms with E-state index in [-0.39, 0.29) is 11.6 Å². The van der Waals surface area contributed by atoms with E-state index in [1.54, 1.807) is 12.1 Å². The molecule has 94 valence electrons. The second-order valence-corrected chi connectivity index (χ2v) is 3.97. The standard InChI is InChI=1S/C14H15FN2O/c1-10-4-3-5-12(17-10)9-16-11-6-7-14(18-2)13(15)8-11/h3-8,16H,9H2,1-2H3. The molecule has 0 unspecified atom stereocenters. The number of benzene rings is 1. The van der Waals surface area contributed by atoms with E-state index in [4.69, 9.17) is 4.74 Å². The first-order valence-electron chi connectivity index (χ1n) is 5.69. The van der Waals surface area contributed by atoms with E-state index in [1.165, 1.54) is 13.2 Å². The molecule has 2 rings (SSSR count). The molecule has 1 heterocycles. The minimum Gasteiger partial charge on any atom is -0.494 e. The second-order valence-electron chi connectivity index (χ2n) is 3.97. The lowest BCUT2D eigenvalue weighted by Crippen LogP contribution is -2.02. The van der Waals surface area contributed by atoms with Gasteiger partial charge in [-0.3, -0.25) is 4.98 Å². The minimum atomic E-state index is -0.375. The van der Waals surface area contributed by atoms with Gasteiger partial charge >= 0.3 is 0 Å². The fourth-order valence-electron chi connectivity index (χ4n) is 1.67. The molecule has 1 aromatic carbocycles. The van der Waals surface area contributed by atoms with Crippen molar-refractivity contribution in [1.82, 2.24) is 4.98 Å². The lowest BCUT2D eigenvalue weighted by atomic mass is 10.2. The molecule has 0 radical (unpaired) electrons. The number of ether oxygens (including phenoxy) is 1. The number of nitrogens with one attached hydrogen (secondary N) is 1. The second kappa shape index (κ2) is 5.49. The van der Waals surface area contributed by atoms with E-state index >= 15 is 0 Å². The molecule has 4 heteroatoms. The lowest BCUT2D eigenvalue weighted by Gasteiger charge is -2.08. The third kappa shape index (κ3) is 2.97. The van der Waals surface area contributed by atoms with Crippen LogP contribution in [0.3, 0.4) is 0 Å². The molecule has 0 bridgehead atoms. The van der Waals surface area contributed by atoms with Crippen LogP contribution >= 0.6 is 0 Å². The first-order valence-corrected chi connectivity index (χ1v) is 5.69. The summed E-state index contributed by atoms with van der Waals surface area (Å²) in [5.74, 6) is -0.131. The van der Waals surface area contributed by atoms with Gasteiger partial charge in [-0.25, -0.2) is 4.39 Å². The zero-order valence-corrected chi connectivity index (χ0v) is 10.4. The fraction of sp³-hybridized carbons (Fsp3) is 0.214. The van der Waals surface area contributed by atoms with Crippen molar-refractivity contribution < 1.29 is 9.13 Å². The van der Waals surface area contributed by atoms with Crippen LogP contribution in [0.15, 0.2) is 36.4 Å². The van der Waals surface area contributed by atoms with Gasteiger partial charge in [-0.05, 0) is 31.2 Å². The lowest BCUT2D eigenvalue weighted by molar-refractivity contribution is 0.386. The Morgan fingerprint density at radius 1 is 1.28 bits per heavy atom. The Bertz CT molecular complexity index is 543. The van der Waals surface area contributed by atoms with Gasteiger partial charge in [-0.15, -0.1) is 0 Å². The molecule has 0 atom stereocenters. The number of aryl methyl sites for hydroxylation is 1. The number of aromatic nitrogens is 1. The van der Waals surface area contributed by atoms with Crippen molar-refractivity contribution in [3.63, 3.8) is 0 Å². The van der Waals surface area contributed by atoms with E-state index in [2.05, 4.69) is 10.3 Å². The molecule has 0 saturated carbocycles. The Labute approximate surface area is 106 Å². The highest BCUT2D eigenvalue weighted by atomic mass is 19.1. The molecule has 1 N–H and O–H groups in total. The largest absolute Gasteiger partial charge is 0.494 e. The quantitative estimate of drug-likeness (QED) is 0.899. The number of anilines is 1. The third-order valence-electron chi connectivity index (χ3n) is 2.57. The fourth-order valence-corrected chi connectivity index (χ4v) is 1.67. The van der Waals surface area contributed by atoms with E-state index in [1.807, 2.05) is 25.1 Å². The summed E-state index contributed by atoms with van der Waals surface area (Å²) >= 11 is 0. The van der Waals surface area contributed by atoms with E-state index in [9.17, 15) is 4.39 Å². The average molecular weight is 246 g/mol. The molecule has 0 aliphatic rings. The van der Waals surface area contributed by atoms with Crippen LogP contribution in [0.5, 0.6) is 5.75 Å². The molecule has 0 aliphatic carbocycles.